The Morgan fingerprint density at radius 3 is 2.59 bits per heavy atom. The standard InChI is InChI=1S/C22H19N5OS/c1-16-4-2-5-18(14-16)24-21(28)15-29-22-11-10-20(25-26-22)17-6-8-19(9-7-17)27-13-3-12-23-27/h2-14H,15H2,1H3,(H,24,28). The number of amides is 1. The molecule has 0 spiro atoms. The molecule has 7 heteroatoms. The number of hydrogen-bond donors (Lipinski definition) is 1. The molecule has 29 heavy (non-hydrogen) atoms. The van der Waals surface area contributed by atoms with Crippen molar-refractivity contribution >= 4 is 23.4 Å². The lowest BCUT2D eigenvalue weighted by Crippen LogP contribution is -2.14. The second-order valence-corrected chi connectivity index (χ2v) is 7.46. The Hall–Kier alpha value is -3.45. The van der Waals surface area contributed by atoms with Crippen LogP contribution in [0.15, 0.2) is 84.1 Å². The van der Waals surface area contributed by atoms with Gasteiger partial charge in [-0.25, -0.2) is 4.68 Å². The Labute approximate surface area is 173 Å². The molecular weight excluding hydrogens is 382 g/mol. The smallest absolute Gasteiger partial charge is 0.234 e. The Balaban J connectivity index is 1.35. The van der Waals surface area contributed by atoms with Gasteiger partial charge in [-0.15, -0.1) is 10.2 Å². The number of aromatic nitrogens is 4. The van der Waals surface area contributed by atoms with Crippen molar-refractivity contribution in [1.29, 1.82) is 0 Å². The Kier molecular flexibility index (Phi) is 5.67. The van der Waals surface area contributed by atoms with Crippen molar-refractivity contribution in [3.8, 4) is 16.9 Å². The van der Waals surface area contributed by atoms with Gasteiger partial charge in [-0.3, -0.25) is 4.79 Å². The average molecular weight is 401 g/mol. The van der Waals surface area contributed by atoms with Crippen LogP contribution in [0.1, 0.15) is 5.56 Å². The fraction of sp³-hybridized carbons (Fsp3) is 0.0909. The minimum atomic E-state index is -0.0688. The maximum atomic E-state index is 12.1. The van der Waals surface area contributed by atoms with Crippen LogP contribution in [0.3, 0.4) is 0 Å². The minimum absolute atomic E-state index is 0.0688. The van der Waals surface area contributed by atoms with E-state index in [0.717, 1.165) is 28.2 Å². The van der Waals surface area contributed by atoms with Crippen LogP contribution in [0.2, 0.25) is 0 Å². The van der Waals surface area contributed by atoms with Crippen LogP contribution in [0, 0.1) is 6.92 Å². The van der Waals surface area contributed by atoms with Crippen molar-refractivity contribution in [1.82, 2.24) is 20.0 Å². The molecule has 0 radical (unpaired) electrons. The summed E-state index contributed by atoms with van der Waals surface area (Å²) in [4.78, 5) is 12.1. The first kappa shape index (κ1) is 18.9. The highest BCUT2D eigenvalue weighted by molar-refractivity contribution is 7.99. The van der Waals surface area contributed by atoms with Crippen molar-refractivity contribution in [2.24, 2.45) is 0 Å². The summed E-state index contributed by atoms with van der Waals surface area (Å²) >= 11 is 1.36. The average Bonchev–Trinajstić information content (AvgIpc) is 3.28. The monoisotopic (exact) mass is 401 g/mol. The van der Waals surface area contributed by atoms with Crippen molar-refractivity contribution in [3.63, 3.8) is 0 Å². The summed E-state index contributed by atoms with van der Waals surface area (Å²) in [5.74, 6) is 0.210. The zero-order valence-corrected chi connectivity index (χ0v) is 16.6. The van der Waals surface area contributed by atoms with E-state index in [9.17, 15) is 4.79 Å². The quantitative estimate of drug-likeness (QED) is 0.486. The number of benzene rings is 2. The molecular formula is C22H19N5OS. The Bertz CT molecular complexity index is 1090. The Morgan fingerprint density at radius 2 is 1.90 bits per heavy atom. The second-order valence-electron chi connectivity index (χ2n) is 6.46. The lowest BCUT2D eigenvalue weighted by atomic mass is 10.1. The van der Waals surface area contributed by atoms with E-state index in [1.165, 1.54) is 11.8 Å². The van der Waals surface area contributed by atoms with Gasteiger partial charge in [-0.05, 0) is 55.0 Å². The highest BCUT2D eigenvalue weighted by Gasteiger charge is 2.07. The number of nitrogens with zero attached hydrogens (tertiary/aromatic N) is 4. The maximum Gasteiger partial charge on any atom is 0.234 e. The number of aryl methyl sites for hydroxylation is 1. The fourth-order valence-corrected chi connectivity index (χ4v) is 3.43. The summed E-state index contributed by atoms with van der Waals surface area (Å²) in [7, 11) is 0. The van der Waals surface area contributed by atoms with Crippen LogP contribution < -0.4 is 5.32 Å². The number of carbonyl (C=O) groups excluding carboxylic acids is 1. The molecule has 1 amide bonds. The molecule has 0 atom stereocenters. The summed E-state index contributed by atoms with van der Waals surface area (Å²) in [6.07, 6.45) is 3.65. The van der Waals surface area contributed by atoms with Crippen LogP contribution in [0.5, 0.6) is 0 Å². The molecule has 0 aliphatic heterocycles. The normalized spacial score (nSPS) is 10.7. The number of nitrogens with one attached hydrogen (secondary N) is 1. The van der Waals surface area contributed by atoms with Gasteiger partial charge in [0, 0.05) is 23.6 Å². The minimum Gasteiger partial charge on any atom is -0.325 e. The molecule has 0 saturated carbocycles. The predicted octanol–water partition coefficient (Wildman–Crippen LogP) is 4.37. The largest absolute Gasteiger partial charge is 0.325 e. The second kappa shape index (κ2) is 8.70. The number of rotatable bonds is 6. The van der Waals surface area contributed by atoms with Crippen LogP contribution in [0.4, 0.5) is 5.69 Å². The highest BCUT2D eigenvalue weighted by Crippen LogP contribution is 2.21. The SMILES string of the molecule is Cc1cccc(NC(=O)CSc2ccc(-c3ccc(-n4cccn4)cc3)nn2)c1. The van der Waals surface area contributed by atoms with Crippen molar-refractivity contribution in [3.05, 3.63) is 84.7 Å². The van der Waals surface area contributed by atoms with Gasteiger partial charge in [0.15, 0.2) is 0 Å². The summed E-state index contributed by atoms with van der Waals surface area (Å²) in [6.45, 7) is 1.99. The molecule has 2 aromatic heterocycles. The van der Waals surface area contributed by atoms with E-state index in [1.54, 1.807) is 10.9 Å². The van der Waals surface area contributed by atoms with Gasteiger partial charge >= 0.3 is 0 Å². The van der Waals surface area contributed by atoms with E-state index in [4.69, 9.17) is 0 Å². The van der Waals surface area contributed by atoms with Gasteiger partial charge in [0.1, 0.15) is 5.03 Å². The molecule has 0 unspecified atom stereocenters. The van der Waals surface area contributed by atoms with Crippen LogP contribution >= 0.6 is 11.8 Å². The number of anilines is 1. The molecule has 6 nitrogen and oxygen atoms in total. The number of thioether (sulfide) groups is 1. The van der Waals surface area contributed by atoms with Gasteiger partial charge in [-0.2, -0.15) is 5.10 Å². The molecule has 0 aliphatic carbocycles. The molecule has 0 saturated heterocycles. The molecule has 4 rings (SSSR count). The van der Waals surface area contributed by atoms with Gasteiger partial charge in [0.25, 0.3) is 0 Å². The van der Waals surface area contributed by atoms with Crippen LogP contribution in [-0.2, 0) is 4.79 Å². The molecule has 2 heterocycles. The van der Waals surface area contributed by atoms with Crippen molar-refractivity contribution in [2.75, 3.05) is 11.1 Å². The highest BCUT2D eigenvalue weighted by atomic mass is 32.2. The molecule has 0 aliphatic rings. The third-order valence-corrected chi connectivity index (χ3v) is 5.15. The zero-order valence-electron chi connectivity index (χ0n) is 15.8. The molecule has 144 valence electrons. The lowest BCUT2D eigenvalue weighted by molar-refractivity contribution is -0.113. The maximum absolute atomic E-state index is 12.1. The first-order valence-electron chi connectivity index (χ1n) is 9.11. The summed E-state index contributed by atoms with van der Waals surface area (Å²) < 4.78 is 1.80. The van der Waals surface area contributed by atoms with Gasteiger partial charge in [0.05, 0.1) is 17.1 Å². The van der Waals surface area contributed by atoms with E-state index in [1.807, 2.05) is 79.9 Å². The lowest BCUT2D eigenvalue weighted by Gasteiger charge is -2.06. The molecule has 4 aromatic rings. The summed E-state index contributed by atoms with van der Waals surface area (Å²) in [5, 5.41) is 16.3. The van der Waals surface area contributed by atoms with Crippen LogP contribution in [0.25, 0.3) is 16.9 Å². The third kappa shape index (κ3) is 4.89. The summed E-state index contributed by atoms with van der Waals surface area (Å²) in [6, 6.07) is 21.4. The summed E-state index contributed by atoms with van der Waals surface area (Å²) in [5.41, 5.74) is 4.65. The van der Waals surface area contributed by atoms with E-state index >= 15 is 0 Å². The first-order chi connectivity index (χ1) is 14.2. The van der Waals surface area contributed by atoms with Gasteiger partial charge < -0.3 is 5.32 Å². The van der Waals surface area contributed by atoms with Crippen molar-refractivity contribution in [2.45, 2.75) is 11.9 Å². The zero-order chi connectivity index (χ0) is 20.1. The van der Waals surface area contributed by atoms with E-state index in [2.05, 4.69) is 20.6 Å². The molecule has 0 fully saturated rings. The number of hydrogen-bond acceptors (Lipinski definition) is 5. The predicted molar refractivity (Wildman–Crippen MR) is 115 cm³/mol. The van der Waals surface area contributed by atoms with Crippen LogP contribution in [-0.4, -0.2) is 31.6 Å². The first-order valence-corrected chi connectivity index (χ1v) is 10.1. The Morgan fingerprint density at radius 1 is 1.03 bits per heavy atom. The molecule has 1 N–H and O–H groups in total. The van der Waals surface area contributed by atoms with E-state index in [0.29, 0.717) is 5.03 Å². The van der Waals surface area contributed by atoms with Gasteiger partial charge in [-0.1, -0.05) is 36.0 Å². The topological polar surface area (TPSA) is 72.7 Å². The van der Waals surface area contributed by atoms with E-state index < -0.39 is 0 Å². The molecule has 2 aromatic carbocycles. The van der Waals surface area contributed by atoms with Gasteiger partial charge in [0.2, 0.25) is 5.91 Å². The van der Waals surface area contributed by atoms with E-state index in [-0.39, 0.29) is 11.7 Å². The van der Waals surface area contributed by atoms with Crippen molar-refractivity contribution < 1.29 is 4.79 Å². The molecule has 0 bridgehead atoms. The number of carbonyl (C=O) groups is 1. The third-order valence-electron chi connectivity index (χ3n) is 4.23. The fourth-order valence-electron chi connectivity index (χ4n) is 2.82.